The molecule has 7 nitrogen and oxygen atoms in total. The van der Waals surface area contributed by atoms with Gasteiger partial charge in [-0.1, -0.05) is 0 Å². The van der Waals surface area contributed by atoms with Crippen LogP contribution < -0.4 is 11.4 Å². The zero-order valence-corrected chi connectivity index (χ0v) is 11.4. The zero-order valence-electron chi connectivity index (χ0n) is 9.79. The molecular formula is C10H13BrFN3O4. The van der Waals surface area contributed by atoms with E-state index in [0.29, 0.717) is 4.47 Å². The first-order chi connectivity index (χ1) is 8.93. The summed E-state index contributed by atoms with van der Waals surface area (Å²) < 4.78 is 19.7. The second-order valence-electron chi connectivity index (χ2n) is 4.34. The van der Waals surface area contributed by atoms with Crippen LogP contribution in [0.25, 0.3) is 0 Å². The van der Waals surface area contributed by atoms with Crippen molar-refractivity contribution in [2.24, 2.45) is 0 Å². The molecular weight excluding hydrogens is 325 g/mol. The molecule has 0 radical (unpaired) electrons. The van der Waals surface area contributed by atoms with Crippen molar-refractivity contribution in [3.63, 3.8) is 0 Å². The van der Waals surface area contributed by atoms with Gasteiger partial charge >= 0.3 is 5.69 Å². The van der Waals surface area contributed by atoms with Gasteiger partial charge in [-0.25, -0.2) is 9.18 Å². The number of nitrogen functional groups attached to an aromatic ring is 1. The largest absolute Gasteiger partial charge is 0.393 e. The number of aliphatic hydroxyl groups is 2. The summed E-state index contributed by atoms with van der Waals surface area (Å²) in [7, 11) is 0. The van der Waals surface area contributed by atoms with E-state index in [0.717, 1.165) is 4.57 Å². The van der Waals surface area contributed by atoms with Gasteiger partial charge in [-0.15, -0.1) is 0 Å². The normalized spacial score (nSPS) is 30.7. The van der Waals surface area contributed by atoms with Crippen molar-refractivity contribution in [3.8, 4) is 0 Å². The highest BCUT2D eigenvalue weighted by Gasteiger charge is 2.49. The Labute approximate surface area is 116 Å². The van der Waals surface area contributed by atoms with E-state index >= 15 is 0 Å². The fourth-order valence-electron chi connectivity index (χ4n) is 1.94. The molecule has 0 amide bonds. The third kappa shape index (κ3) is 2.38. The van der Waals surface area contributed by atoms with Gasteiger partial charge in [0.05, 0.1) is 17.2 Å². The van der Waals surface area contributed by atoms with Crippen LogP contribution in [0.3, 0.4) is 0 Å². The summed E-state index contributed by atoms with van der Waals surface area (Å²) in [6.45, 7) is -1.74. The minimum Gasteiger partial charge on any atom is -0.393 e. The van der Waals surface area contributed by atoms with Crippen LogP contribution in [0.5, 0.6) is 0 Å². The van der Waals surface area contributed by atoms with E-state index in [1.807, 2.05) is 0 Å². The number of hydrogen-bond acceptors (Lipinski definition) is 6. The number of anilines is 1. The molecule has 1 aromatic heterocycles. The first-order valence-corrected chi connectivity index (χ1v) is 6.29. The third-order valence-corrected chi connectivity index (χ3v) is 3.75. The van der Waals surface area contributed by atoms with Crippen molar-refractivity contribution >= 4 is 21.7 Å². The Balaban J connectivity index is 2.36. The van der Waals surface area contributed by atoms with E-state index < -0.39 is 36.9 Å². The molecule has 4 N–H and O–H groups in total. The summed E-state index contributed by atoms with van der Waals surface area (Å²) in [6, 6.07) is 0. The molecule has 3 atom stereocenters. The number of aliphatic hydroxyl groups excluding tert-OH is 2. The van der Waals surface area contributed by atoms with Gasteiger partial charge < -0.3 is 20.7 Å². The van der Waals surface area contributed by atoms with Crippen LogP contribution >= 0.6 is 15.9 Å². The van der Waals surface area contributed by atoms with E-state index in [4.69, 9.17) is 15.6 Å². The lowest BCUT2D eigenvalue weighted by atomic mass is 10.00. The third-order valence-electron chi connectivity index (χ3n) is 3.14. The molecule has 0 spiro atoms. The summed E-state index contributed by atoms with van der Waals surface area (Å²) in [5.41, 5.74) is 3.09. The molecule has 9 heteroatoms. The summed E-state index contributed by atoms with van der Waals surface area (Å²) in [5.74, 6) is 0.0266. The fourth-order valence-corrected chi connectivity index (χ4v) is 2.25. The van der Waals surface area contributed by atoms with Crippen molar-refractivity contribution < 1.29 is 19.3 Å². The minimum absolute atomic E-state index is 0.0254. The molecule has 19 heavy (non-hydrogen) atoms. The molecule has 1 aliphatic heterocycles. The number of aromatic nitrogens is 2. The van der Waals surface area contributed by atoms with E-state index in [9.17, 15) is 14.3 Å². The Morgan fingerprint density at radius 2 is 2.42 bits per heavy atom. The maximum Gasteiger partial charge on any atom is 0.351 e. The highest BCUT2D eigenvalue weighted by molar-refractivity contribution is 9.10. The lowest BCUT2D eigenvalue weighted by molar-refractivity contribution is -0.138. The quantitative estimate of drug-likeness (QED) is 0.690. The average Bonchev–Trinajstić information content (AvgIpc) is 2.71. The molecule has 2 rings (SSSR count). The van der Waals surface area contributed by atoms with Crippen LogP contribution in [-0.2, 0) is 4.74 Å². The van der Waals surface area contributed by atoms with Gasteiger partial charge in [0.2, 0.25) is 0 Å². The molecule has 1 fully saturated rings. The second-order valence-corrected chi connectivity index (χ2v) is 5.20. The number of hydrogen-bond donors (Lipinski definition) is 3. The van der Waals surface area contributed by atoms with Gasteiger partial charge in [0.1, 0.15) is 24.3 Å². The minimum atomic E-state index is -1.70. The van der Waals surface area contributed by atoms with Gasteiger partial charge in [0.15, 0.2) is 0 Å². The van der Waals surface area contributed by atoms with Crippen LogP contribution in [0, 0.1) is 0 Å². The van der Waals surface area contributed by atoms with Gasteiger partial charge in [-0.05, 0) is 15.9 Å². The molecule has 1 saturated heterocycles. The zero-order chi connectivity index (χ0) is 14.2. The van der Waals surface area contributed by atoms with Gasteiger partial charge in [-0.2, -0.15) is 4.98 Å². The van der Waals surface area contributed by atoms with Gasteiger partial charge in [-0.3, -0.25) is 4.57 Å². The van der Waals surface area contributed by atoms with Crippen LogP contribution in [0.15, 0.2) is 15.5 Å². The smallest absolute Gasteiger partial charge is 0.351 e. The fraction of sp³-hybridized carbons (Fsp3) is 0.600. The monoisotopic (exact) mass is 337 g/mol. The molecule has 0 aliphatic carbocycles. The molecule has 106 valence electrons. The molecule has 0 bridgehead atoms. The second kappa shape index (κ2) is 5.16. The average molecular weight is 338 g/mol. The first kappa shape index (κ1) is 14.4. The standard InChI is InChI=1S/C10H13BrFN3O4/c11-5-2-15(9(18)14-8(5)13)7-1-6(17)10(3-12,4-16)19-7/h2,6-7,16-17H,1,3-4H2,(H2,13,14,18)/t6-,7+,10+/m0/s1. The predicted molar refractivity (Wildman–Crippen MR) is 67.1 cm³/mol. The van der Waals surface area contributed by atoms with Crippen molar-refractivity contribution in [1.29, 1.82) is 0 Å². The lowest BCUT2D eigenvalue weighted by Crippen LogP contribution is -2.45. The van der Waals surface area contributed by atoms with Crippen molar-refractivity contribution in [1.82, 2.24) is 9.55 Å². The van der Waals surface area contributed by atoms with Crippen LogP contribution in [0.2, 0.25) is 0 Å². The number of halogens is 2. The Hall–Kier alpha value is -1.03. The summed E-state index contributed by atoms with van der Waals surface area (Å²) in [4.78, 5) is 15.3. The Morgan fingerprint density at radius 3 is 2.95 bits per heavy atom. The summed E-state index contributed by atoms with van der Waals surface area (Å²) >= 11 is 3.12. The number of nitrogens with two attached hydrogens (primary N) is 1. The topological polar surface area (TPSA) is 111 Å². The highest BCUT2D eigenvalue weighted by atomic mass is 79.9. The molecule has 0 unspecified atom stereocenters. The van der Waals surface area contributed by atoms with Gasteiger partial charge in [0.25, 0.3) is 0 Å². The maximum absolute atomic E-state index is 13.0. The lowest BCUT2D eigenvalue weighted by Gasteiger charge is -2.26. The summed E-state index contributed by atoms with van der Waals surface area (Å²) in [5, 5.41) is 19.0. The predicted octanol–water partition coefficient (Wildman–Crippen LogP) is -0.432. The molecule has 0 saturated carbocycles. The molecule has 1 aliphatic rings. The van der Waals surface area contributed by atoms with E-state index in [2.05, 4.69) is 20.9 Å². The number of nitrogens with zero attached hydrogens (tertiary/aromatic N) is 2. The summed E-state index contributed by atoms with van der Waals surface area (Å²) in [6.07, 6.45) is -0.790. The Morgan fingerprint density at radius 1 is 1.74 bits per heavy atom. The van der Waals surface area contributed by atoms with Crippen LogP contribution in [0.1, 0.15) is 12.6 Å². The highest BCUT2D eigenvalue weighted by Crippen LogP contribution is 2.36. The van der Waals surface area contributed by atoms with Crippen LogP contribution in [0.4, 0.5) is 10.2 Å². The Bertz CT molecular complexity index is 534. The van der Waals surface area contributed by atoms with Crippen molar-refractivity contribution in [2.45, 2.75) is 24.4 Å². The van der Waals surface area contributed by atoms with E-state index in [-0.39, 0.29) is 12.2 Å². The first-order valence-electron chi connectivity index (χ1n) is 5.50. The van der Waals surface area contributed by atoms with Gasteiger partial charge in [0, 0.05) is 12.6 Å². The number of alkyl halides is 1. The van der Waals surface area contributed by atoms with Crippen LogP contribution in [-0.4, -0.2) is 44.8 Å². The number of ether oxygens (including phenoxy) is 1. The van der Waals surface area contributed by atoms with E-state index in [1.54, 1.807) is 0 Å². The Kier molecular flexibility index (Phi) is 3.90. The molecule has 1 aromatic rings. The molecule has 2 heterocycles. The SMILES string of the molecule is Nc1nc(=O)n([C@H]2C[C@H](O)[C@](CO)(CF)O2)cc1Br. The molecule has 0 aromatic carbocycles. The van der Waals surface area contributed by atoms with Crippen molar-refractivity contribution in [2.75, 3.05) is 19.0 Å². The van der Waals surface area contributed by atoms with Crippen molar-refractivity contribution in [3.05, 3.63) is 21.2 Å². The maximum atomic E-state index is 13.0. The number of rotatable bonds is 3. The van der Waals surface area contributed by atoms with E-state index in [1.165, 1.54) is 6.20 Å².